The molecule has 21 heavy (non-hydrogen) atoms. The molecule has 3 nitrogen and oxygen atoms in total. The van der Waals surface area contributed by atoms with Crippen LogP contribution in [0, 0.1) is 5.82 Å². The van der Waals surface area contributed by atoms with Crippen molar-refractivity contribution in [2.45, 2.75) is 38.8 Å². The Morgan fingerprint density at radius 1 is 1.19 bits per heavy atom. The first-order chi connectivity index (χ1) is 10.1. The first-order valence-corrected chi connectivity index (χ1v) is 7.24. The van der Waals surface area contributed by atoms with Crippen LogP contribution in [-0.4, -0.2) is 22.9 Å². The lowest BCUT2D eigenvalue weighted by atomic mass is 10.2. The Morgan fingerprint density at radius 3 is 2.43 bits per heavy atom. The molecule has 3 rings (SSSR count). The SMILES string of the molecule is CC(C)N(C(=O)c1ccc(-c2ccc(F)cc2)o1)C1CC1. The van der Waals surface area contributed by atoms with Gasteiger partial charge in [0.2, 0.25) is 0 Å². The molecule has 0 N–H and O–H groups in total. The zero-order valence-corrected chi connectivity index (χ0v) is 12.2. The first-order valence-electron chi connectivity index (χ1n) is 7.24. The summed E-state index contributed by atoms with van der Waals surface area (Å²) in [7, 11) is 0. The Bertz CT molecular complexity index is 639. The zero-order chi connectivity index (χ0) is 15.0. The van der Waals surface area contributed by atoms with Gasteiger partial charge in [0.1, 0.15) is 11.6 Å². The van der Waals surface area contributed by atoms with E-state index in [1.54, 1.807) is 24.3 Å². The van der Waals surface area contributed by atoms with Crippen molar-refractivity contribution in [2.75, 3.05) is 0 Å². The predicted octanol–water partition coefficient (Wildman–Crippen LogP) is 4.10. The molecule has 0 atom stereocenters. The lowest BCUT2D eigenvalue weighted by Crippen LogP contribution is -2.38. The van der Waals surface area contributed by atoms with Crippen LogP contribution < -0.4 is 0 Å². The minimum atomic E-state index is -0.290. The Hall–Kier alpha value is -2.10. The van der Waals surface area contributed by atoms with Gasteiger partial charge in [0.15, 0.2) is 5.76 Å². The Balaban J connectivity index is 1.84. The maximum atomic E-state index is 12.9. The van der Waals surface area contributed by atoms with E-state index in [4.69, 9.17) is 4.42 Å². The van der Waals surface area contributed by atoms with Gasteiger partial charge in [-0.15, -0.1) is 0 Å². The number of carbonyl (C=O) groups excluding carboxylic acids is 1. The fourth-order valence-corrected chi connectivity index (χ4v) is 2.52. The number of rotatable bonds is 4. The molecule has 110 valence electrons. The van der Waals surface area contributed by atoms with E-state index in [0.29, 0.717) is 17.6 Å². The molecule has 0 unspecified atom stereocenters. The van der Waals surface area contributed by atoms with E-state index in [9.17, 15) is 9.18 Å². The molecule has 0 saturated heterocycles. The van der Waals surface area contributed by atoms with E-state index in [1.165, 1.54) is 12.1 Å². The van der Waals surface area contributed by atoms with Crippen LogP contribution in [0.2, 0.25) is 0 Å². The van der Waals surface area contributed by atoms with Gasteiger partial charge in [0.25, 0.3) is 5.91 Å². The fraction of sp³-hybridized carbons (Fsp3) is 0.353. The number of carbonyl (C=O) groups is 1. The Kier molecular flexibility index (Phi) is 3.53. The summed E-state index contributed by atoms with van der Waals surface area (Å²) in [6.45, 7) is 4.03. The molecule has 1 amide bonds. The number of halogens is 1. The molecule has 0 bridgehead atoms. The highest BCUT2D eigenvalue weighted by Gasteiger charge is 2.35. The molecule has 0 spiro atoms. The average molecular weight is 287 g/mol. The minimum Gasteiger partial charge on any atom is -0.451 e. The monoisotopic (exact) mass is 287 g/mol. The number of amides is 1. The largest absolute Gasteiger partial charge is 0.451 e. The molecule has 1 heterocycles. The molecule has 1 saturated carbocycles. The van der Waals surface area contributed by atoms with Gasteiger partial charge in [0, 0.05) is 17.6 Å². The topological polar surface area (TPSA) is 33.5 Å². The summed E-state index contributed by atoms with van der Waals surface area (Å²) < 4.78 is 18.6. The Labute approximate surface area is 123 Å². The predicted molar refractivity (Wildman–Crippen MR) is 78.4 cm³/mol. The quantitative estimate of drug-likeness (QED) is 0.848. The van der Waals surface area contributed by atoms with Crippen LogP contribution in [0.3, 0.4) is 0 Å². The molecule has 1 aliphatic rings. The highest BCUT2D eigenvalue weighted by Crippen LogP contribution is 2.31. The summed E-state index contributed by atoms with van der Waals surface area (Å²) in [6.07, 6.45) is 2.13. The lowest BCUT2D eigenvalue weighted by molar-refractivity contribution is 0.0658. The van der Waals surface area contributed by atoms with Crippen LogP contribution in [-0.2, 0) is 0 Å². The van der Waals surface area contributed by atoms with E-state index < -0.39 is 0 Å². The maximum Gasteiger partial charge on any atom is 0.290 e. The van der Waals surface area contributed by atoms with E-state index >= 15 is 0 Å². The summed E-state index contributed by atoms with van der Waals surface area (Å²) in [6, 6.07) is 9.99. The van der Waals surface area contributed by atoms with Gasteiger partial charge in [0.05, 0.1) is 0 Å². The molecule has 1 aliphatic carbocycles. The molecule has 1 fully saturated rings. The van der Waals surface area contributed by atoms with Crippen LogP contribution in [0.4, 0.5) is 4.39 Å². The first kappa shape index (κ1) is 13.9. The van der Waals surface area contributed by atoms with Crippen molar-refractivity contribution in [3.63, 3.8) is 0 Å². The van der Waals surface area contributed by atoms with E-state index in [1.807, 2.05) is 18.7 Å². The molecular formula is C17H18FNO2. The summed E-state index contributed by atoms with van der Waals surface area (Å²) in [5.74, 6) is 0.565. The molecule has 1 aromatic heterocycles. The number of hydrogen-bond acceptors (Lipinski definition) is 2. The van der Waals surface area contributed by atoms with Gasteiger partial charge in [-0.05, 0) is 63.1 Å². The van der Waals surface area contributed by atoms with Crippen LogP contribution in [0.25, 0.3) is 11.3 Å². The van der Waals surface area contributed by atoms with Crippen molar-refractivity contribution in [2.24, 2.45) is 0 Å². The van der Waals surface area contributed by atoms with Crippen LogP contribution in [0.15, 0.2) is 40.8 Å². The number of furan rings is 1. The van der Waals surface area contributed by atoms with Gasteiger partial charge in [-0.2, -0.15) is 0 Å². The fourth-order valence-electron chi connectivity index (χ4n) is 2.52. The van der Waals surface area contributed by atoms with E-state index in [-0.39, 0.29) is 17.8 Å². The highest BCUT2D eigenvalue weighted by molar-refractivity contribution is 5.92. The third kappa shape index (κ3) is 2.84. The second-order valence-electron chi connectivity index (χ2n) is 5.71. The molecule has 0 radical (unpaired) electrons. The van der Waals surface area contributed by atoms with Gasteiger partial charge < -0.3 is 9.32 Å². The van der Waals surface area contributed by atoms with E-state index in [0.717, 1.165) is 18.4 Å². The lowest BCUT2D eigenvalue weighted by Gasteiger charge is -2.25. The maximum absolute atomic E-state index is 12.9. The highest BCUT2D eigenvalue weighted by atomic mass is 19.1. The van der Waals surface area contributed by atoms with Crippen molar-refractivity contribution < 1.29 is 13.6 Å². The summed E-state index contributed by atoms with van der Waals surface area (Å²) in [4.78, 5) is 14.4. The molecular weight excluding hydrogens is 269 g/mol. The van der Waals surface area contributed by atoms with Crippen molar-refractivity contribution >= 4 is 5.91 Å². The van der Waals surface area contributed by atoms with E-state index in [2.05, 4.69) is 0 Å². The van der Waals surface area contributed by atoms with Gasteiger partial charge >= 0.3 is 0 Å². The smallest absolute Gasteiger partial charge is 0.290 e. The number of hydrogen-bond donors (Lipinski definition) is 0. The standard InChI is InChI=1S/C17H18FNO2/c1-11(2)19(14-7-8-14)17(20)16-10-9-15(21-16)12-3-5-13(18)6-4-12/h3-6,9-11,14H,7-8H2,1-2H3. The average Bonchev–Trinajstić information content (AvgIpc) is 3.15. The van der Waals surface area contributed by atoms with Gasteiger partial charge in [-0.3, -0.25) is 4.79 Å². The van der Waals surface area contributed by atoms with Crippen molar-refractivity contribution in [1.29, 1.82) is 0 Å². The normalized spacial score (nSPS) is 14.5. The van der Waals surface area contributed by atoms with Crippen molar-refractivity contribution in [1.82, 2.24) is 4.90 Å². The third-order valence-electron chi connectivity index (χ3n) is 3.68. The molecule has 1 aromatic carbocycles. The molecule has 4 heteroatoms. The van der Waals surface area contributed by atoms with Crippen molar-refractivity contribution in [3.05, 3.63) is 48.0 Å². The summed E-state index contributed by atoms with van der Waals surface area (Å²) in [5.41, 5.74) is 0.762. The Morgan fingerprint density at radius 2 is 1.86 bits per heavy atom. The number of benzene rings is 1. The van der Waals surface area contributed by atoms with Crippen LogP contribution in [0.5, 0.6) is 0 Å². The van der Waals surface area contributed by atoms with Crippen LogP contribution in [0.1, 0.15) is 37.2 Å². The molecule has 0 aliphatic heterocycles. The summed E-state index contributed by atoms with van der Waals surface area (Å²) >= 11 is 0. The second kappa shape index (κ2) is 5.35. The van der Waals surface area contributed by atoms with Crippen LogP contribution >= 0.6 is 0 Å². The minimum absolute atomic E-state index is 0.0686. The van der Waals surface area contributed by atoms with Gasteiger partial charge in [-0.25, -0.2) is 4.39 Å². The summed E-state index contributed by atoms with van der Waals surface area (Å²) in [5, 5.41) is 0. The zero-order valence-electron chi connectivity index (χ0n) is 12.2. The third-order valence-corrected chi connectivity index (χ3v) is 3.68. The van der Waals surface area contributed by atoms with Gasteiger partial charge in [-0.1, -0.05) is 0 Å². The second-order valence-corrected chi connectivity index (χ2v) is 5.71. The van der Waals surface area contributed by atoms with Crippen molar-refractivity contribution in [3.8, 4) is 11.3 Å². The molecule has 2 aromatic rings. The number of nitrogens with zero attached hydrogens (tertiary/aromatic N) is 1.